The zero-order chi connectivity index (χ0) is 19.8. The van der Waals surface area contributed by atoms with Gasteiger partial charge in [0.2, 0.25) is 0 Å². The second-order valence-electron chi connectivity index (χ2n) is 6.72. The predicted octanol–water partition coefficient (Wildman–Crippen LogP) is 4.47. The first-order chi connectivity index (χ1) is 13.7. The van der Waals surface area contributed by atoms with Gasteiger partial charge in [0.05, 0.1) is 0 Å². The minimum Gasteiger partial charge on any atom is -0.372 e. The molecule has 0 aliphatic carbocycles. The number of halogens is 1. The van der Waals surface area contributed by atoms with Crippen LogP contribution in [0.15, 0.2) is 60.3 Å². The number of nitrogens with zero attached hydrogens (tertiary/aromatic N) is 2. The zero-order valence-corrected chi connectivity index (χ0v) is 16.4. The van der Waals surface area contributed by atoms with Gasteiger partial charge in [-0.05, 0) is 61.2 Å². The van der Waals surface area contributed by atoms with Gasteiger partial charge in [-0.1, -0.05) is 23.7 Å². The Labute approximate surface area is 170 Å². The monoisotopic (exact) mass is 394 g/mol. The van der Waals surface area contributed by atoms with Gasteiger partial charge >= 0.3 is 0 Å². The summed E-state index contributed by atoms with van der Waals surface area (Å²) in [6.07, 6.45) is 5.21. The third kappa shape index (κ3) is 5.51. The fourth-order valence-electron chi connectivity index (χ4n) is 3.10. The molecule has 1 amide bonds. The zero-order valence-electron chi connectivity index (χ0n) is 15.6. The lowest BCUT2D eigenvalue weighted by molar-refractivity contribution is -0.117. The first kappa shape index (κ1) is 19.8. The molecule has 0 saturated carbocycles. The molecule has 0 radical (unpaired) electrons. The summed E-state index contributed by atoms with van der Waals surface area (Å²) in [6.45, 7) is 2.53. The highest BCUT2D eigenvalue weighted by atomic mass is 35.5. The van der Waals surface area contributed by atoms with Crippen molar-refractivity contribution >= 4 is 28.9 Å². The van der Waals surface area contributed by atoms with Gasteiger partial charge in [-0.15, -0.1) is 0 Å². The quantitative estimate of drug-likeness (QED) is 0.560. The molecule has 1 aliphatic rings. The predicted molar refractivity (Wildman–Crippen MR) is 113 cm³/mol. The summed E-state index contributed by atoms with van der Waals surface area (Å²) in [6, 6.07) is 17.2. The summed E-state index contributed by atoms with van der Waals surface area (Å²) in [7, 11) is 0. The largest absolute Gasteiger partial charge is 0.372 e. The topological polar surface area (TPSA) is 68.2 Å². The molecule has 1 fully saturated rings. The average molecular weight is 395 g/mol. The highest BCUT2D eigenvalue weighted by Gasteiger charge is 2.11. The normalized spacial score (nSPS) is 14.3. The van der Waals surface area contributed by atoms with Crippen LogP contribution >= 0.6 is 11.6 Å². The number of rotatable bonds is 6. The summed E-state index contributed by atoms with van der Waals surface area (Å²) >= 11 is 5.85. The standard InChI is InChI=1S/C22H23ClN4O/c23-19-6-4-17(5-7-19)15-26-22(28)18(14-24)16-25-20-8-10-21(11-9-20)27-12-2-1-3-13-27/h4-11,16,25H,1-3,12-13,15H2,(H,26,28)/b18-16-. The SMILES string of the molecule is N#C/C(=C/Nc1ccc(N2CCCCC2)cc1)C(=O)NCc1ccc(Cl)cc1. The Kier molecular flexibility index (Phi) is 6.94. The first-order valence-electron chi connectivity index (χ1n) is 9.40. The maximum atomic E-state index is 12.2. The fraction of sp³-hybridized carbons (Fsp3) is 0.273. The summed E-state index contributed by atoms with van der Waals surface area (Å²) in [5, 5.41) is 15.7. The van der Waals surface area contributed by atoms with Gasteiger partial charge in [0, 0.05) is 42.2 Å². The number of carbonyl (C=O) groups is 1. The van der Waals surface area contributed by atoms with E-state index in [0.717, 1.165) is 24.3 Å². The number of hydrogen-bond acceptors (Lipinski definition) is 4. The van der Waals surface area contributed by atoms with Crippen LogP contribution in [0.2, 0.25) is 5.02 Å². The Morgan fingerprint density at radius 3 is 2.39 bits per heavy atom. The molecule has 2 aromatic rings. The minimum atomic E-state index is -0.421. The molecule has 0 atom stereocenters. The van der Waals surface area contributed by atoms with Crippen LogP contribution in [0.5, 0.6) is 0 Å². The lowest BCUT2D eigenvalue weighted by Crippen LogP contribution is -2.29. The van der Waals surface area contributed by atoms with E-state index in [0.29, 0.717) is 11.6 Å². The Hall–Kier alpha value is -2.97. The molecule has 0 bridgehead atoms. The summed E-state index contributed by atoms with van der Waals surface area (Å²) in [5.41, 5.74) is 2.97. The fourth-order valence-corrected chi connectivity index (χ4v) is 3.23. The maximum Gasteiger partial charge on any atom is 0.263 e. The van der Waals surface area contributed by atoms with Crippen molar-refractivity contribution in [2.75, 3.05) is 23.3 Å². The van der Waals surface area contributed by atoms with Crippen LogP contribution in [0.1, 0.15) is 24.8 Å². The third-order valence-electron chi connectivity index (χ3n) is 4.70. The van der Waals surface area contributed by atoms with Crippen molar-refractivity contribution in [2.24, 2.45) is 0 Å². The van der Waals surface area contributed by atoms with E-state index in [4.69, 9.17) is 11.6 Å². The molecule has 1 heterocycles. The second kappa shape index (κ2) is 9.82. The van der Waals surface area contributed by atoms with Crippen molar-refractivity contribution in [3.63, 3.8) is 0 Å². The molecule has 0 unspecified atom stereocenters. The number of hydrogen-bond donors (Lipinski definition) is 2. The molecule has 1 saturated heterocycles. The molecule has 144 valence electrons. The van der Waals surface area contributed by atoms with Crippen molar-refractivity contribution in [1.82, 2.24) is 5.32 Å². The average Bonchev–Trinajstić information content (AvgIpc) is 2.75. The molecule has 28 heavy (non-hydrogen) atoms. The van der Waals surface area contributed by atoms with Crippen LogP contribution in [0.3, 0.4) is 0 Å². The van der Waals surface area contributed by atoms with E-state index < -0.39 is 5.91 Å². The molecule has 2 N–H and O–H groups in total. The molecule has 5 nitrogen and oxygen atoms in total. The van der Waals surface area contributed by atoms with Gasteiger partial charge in [0.25, 0.3) is 5.91 Å². The lowest BCUT2D eigenvalue weighted by Gasteiger charge is -2.28. The summed E-state index contributed by atoms with van der Waals surface area (Å²) in [4.78, 5) is 14.6. The molecule has 3 rings (SSSR count). The Morgan fingerprint density at radius 1 is 1.07 bits per heavy atom. The van der Waals surface area contributed by atoms with E-state index >= 15 is 0 Å². The Bertz CT molecular complexity index is 863. The highest BCUT2D eigenvalue weighted by molar-refractivity contribution is 6.30. The lowest BCUT2D eigenvalue weighted by atomic mass is 10.1. The minimum absolute atomic E-state index is 0.0223. The van der Waals surface area contributed by atoms with Gasteiger partial charge in [0.1, 0.15) is 11.6 Å². The van der Waals surface area contributed by atoms with Crippen molar-refractivity contribution in [1.29, 1.82) is 5.26 Å². The van der Waals surface area contributed by atoms with Crippen molar-refractivity contribution < 1.29 is 4.79 Å². The Balaban J connectivity index is 1.55. The second-order valence-corrected chi connectivity index (χ2v) is 7.15. The molecule has 6 heteroatoms. The van der Waals surface area contributed by atoms with Gasteiger partial charge < -0.3 is 15.5 Å². The molecule has 2 aromatic carbocycles. The molecule has 1 aliphatic heterocycles. The van der Waals surface area contributed by atoms with E-state index in [1.165, 1.54) is 31.1 Å². The van der Waals surface area contributed by atoms with Crippen molar-refractivity contribution in [3.05, 3.63) is 70.9 Å². The molecule has 0 aromatic heterocycles. The molecular weight excluding hydrogens is 372 g/mol. The van der Waals surface area contributed by atoms with E-state index in [1.54, 1.807) is 12.1 Å². The van der Waals surface area contributed by atoms with Crippen LogP contribution in [-0.4, -0.2) is 19.0 Å². The van der Waals surface area contributed by atoms with E-state index in [-0.39, 0.29) is 5.57 Å². The van der Waals surface area contributed by atoms with Gasteiger partial charge in [-0.3, -0.25) is 4.79 Å². The van der Waals surface area contributed by atoms with E-state index in [9.17, 15) is 10.1 Å². The number of nitriles is 1. The first-order valence-corrected chi connectivity index (χ1v) is 9.78. The highest BCUT2D eigenvalue weighted by Crippen LogP contribution is 2.21. The number of piperidine rings is 1. The van der Waals surface area contributed by atoms with E-state index in [1.807, 2.05) is 30.3 Å². The van der Waals surface area contributed by atoms with Crippen LogP contribution in [0.25, 0.3) is 0 Å². The molecule has 0 spiro atoms. The van der Waals surface area contributed by atoms with E-state index in [2.05, 4.69) is 27.7 Å². The number of anilines is 2. The third-order valence-corrected chi connectivity index (χ3v) is 4.96. The van der Waals surface area contributed by atoms with Crippen molar-refractivity contribution in [2.45, 2.75) is 25.8 Å². The van der Waals surface area contributed by atoms with Crippen LogP contribution in [0, 0.1) is 11.3 Å². The summed E-state index contributed by atoms with van der Waals surface area (Å²) < 4.78 is 0. The molecular formula is C22H23ClN4O. The van der Waals surface area contributed by atoms with Crippen LogP contribution in [0.4, 0.5) is 11.4 Å². The number of amides is 1. The maximum absolute atomic E-state index is 12.2. The smallest absolute Gasteiger partial charge is 0.263 e. The number of benzene rings is 2. The van der Waals surface area contributed by atoms with Gasteiger partial charge in [-0.25, -0.2) is 0 Å². The van der Waals surface area contributed by atoms with Crippen LogP contribution < -0.4 is 15.5 Å². The van der Waals surface area contributed by atoms with Crippen LogP contribution in [-0.2, 0) is 11.3 Å². The number of carbonyl (C=O) groups excluding carboxylic acids is 1. The van der Waals surface area contributed by atoms with Gasteiger partial charge in [0.15, 0.2) is 0 Å². The van der Waals surface area contributed by atoms with Gasteiger partial charge in [-0.2, -0.15) is 5.26 Å². The Morgan fingerprint density at radius 2 is 1.75 bits per heavy atom. The number of nitrogens with one attached hydrogen (secondary N) is 2. The van der Waals surface area contributed by atoms with Crippen molar-refractivity contribution in [3.8, 4) is 6.07 Å². The summed E-state index contributed by atoms with van der Waals surface area (Å²) in [5.74, 6) is -0.421.